The van der Waals surface area contributed by atoms with Gasteiger partial charge in [-0.15, -0.1) is 0 Å². The topological polar surface area (TPSA) is 29.5 Å². The van der Waals surface area contributed by atoms with Crippen molar-refractivity contribution < 1.29 is 9.53 Å². The Hall–Kier alpha value is -0.410. The van der Waals surface area contributed by atoms with Gasteiger partial charge in [0.25, 0.3) is 0 Å². The molecule has 1 aliphatic rings. The molecule has 0 N–H and O–H groups in total. The van der Waals surface area contributed by atoms with Crippen LogP contribution in [0.4, 0.5) is 0 Å². The molecular formula is C11H21NO2. The summed E-state index contributed by atoms with van der Waals surface area (Å²) in [5.74, 6) is 1.12. The van der Waals surface area contributed by atoms with Crippen LogP contribution in [0.15, 0.2) is 0 Å². The van der Waals surface area contributed by atoms with Crippen LogP contribution in [0.2, 0.25) is 0 Å². The highest BCUT2D eigenvalue weighted by molar-refractivity contribution is 5.81. The van der Waals surface area contributed by atoms with Gasteiger partial charge in [0.15, 0.2) is 0 Å². The molecule has 1 heterocycles. The molecular weight excluding hydrogens is 178 g/mol. The van der Waals surface area contributed by atoms with E-state index in [0.717, 1.165) is 13.1 Å². The van der Waals surface area contributed by atoms with Gasteiger partial charge in [0.2, 0.25) is 0 Å². The molecule has 0 spiro atoms. The van der Waals surface area contributed by atoms with E-state index in [1.54, 1.807) is 0 Å². The van der Waals surface area contributed by atoms with Gasteiger partial charge < -0.3 is 9.64 Å². The molecule has 1 rings (SSSR count). The van der Waals surface area contributed by atoms with Crippen molar-refractivity contribution >= 4 is 5.78 Å². The van der Waals surface area contributed by atoms with Crippen LogP contribution in [0.3, 0.4) is 0 Å². The van der Waals surface area contributed by atoms with E-state index >= 15 is 0 Å². The van der Waals surface area contributed by atoms with Gasteiger partial charge in [-0.25, -0.2) is 0 Å². The van der Waals surface area contributed by atoms with Crippen LogP contribution >= 0.6 is 0 Å². The lowest BCUT2D eigenvalue weighted by atomic mass is 10.00. The van der Waals surface area contributed by atoms with Gasteiger partial charge in [-0.1, -0.05) is 13.8 Å². The van der Waals surface area contributed by atoms with Gasteiger partial charge in [-0.3, -0.25) is 4.79 Å². The zero-order valence-electron chi connectivity index (χ0n) is 9.45. The van der Waals surface area contributed by atoms with Crippen molar-refractivity contribution in [3.05, 3.63) is 0 Å². The highest BCUT2D eigenvalue weighted by Gasteiger charge is 2.23. The van der Waals surface area contributed by atoms with Gasteiger partial charge >= 0.3 is 0 Å². The lowest BCUT2D eigenvalue weighted by Crippen LogP contribution is -2.38. The first kappa shape index (κ1) is 11.7. The van der Waals surface area contributed by atoms with E-state index < -0.39 is 0 Å². The van der Waals surface area contributed by atoms with Crippen LogP contribution in [-0.2, 0) is 9.53 Å². The van der Waals surface area contributed by atoms with Gasteiger partial charge in [-0.2, -0.15) is 0 Å². The fraction of sp³-hybridized carbons (Fsp3) is 0.909. The molecule has 0 aliphatic carbocycles. The largest absolute Gasteiger partial charge is 0.380 e. The molecule has 0 aromatic rings. The lowest BCUT2D eigenvalue weighted by Gasteiger charge is -2.27. The zero-order valence-corrected chi connectivity index (χ0v) is 9.45. The number of hydrogen-bond donors (Lipinski definition) is 0. The molecule has 1 saturated heterocycles. The predicted molar refractivity (Wildman–Crippen MR) is 56.3 cm³/mol. The first-order valence-corrected chi connectivity index (χ1v) is 5.38. The second-order valence-electron chi connectivity index (χ2n) is 4.60. The number of nitrogens with zero attached hydrogens (tertiary/aromatic N) is 1. The van der Waals surface area contributed by atoms with E-state index in [1.165, 1.54) is 0 Å². The van der Waals surface area contributed by atoms with Crippen molar-refractivity contribution in [3.63, 3.8) is 0 Å². The molecule has 3 nitrogen and oxygen atoms in total. The Balaban J connectivity index is 2.30. The third-order valence-corrected chi connectivity index (χ3v) is 2.48. The van der Waals surface area contributed by atoms with Crippen molar-refractivity contribution in [2.45, 2.75) is 20.3 Å². The van der Waals surface area contributed by atoms with Crippen molar-refractivity contribution in [2.24, 2.45) is 11.8 Å². The molecule has 1 fully saturated rings. The zero-order chi connectivity index (χ0) is 10.6. The Bertz CT molecular complexity index is 192. The number of carbonyl (C=O) groups excluding carboxylic acids is 1. The van der Waals surface area contributed by atoms with E-state index in [0.29, 0.717) is 31.3 Å². The van der Waals surface area contributed by atoms with E-state index in [2.05, 4.69) is 25.8 Å². The van der Waals surface area contributed by atoms with Gasteiger partial charge in [0.1, 0.15) is 5.78 Å². The lowest BCUT2D eigenvalue weighted by molar-refractivity contribution is -0.131. The first-order chi connectivity index (χ1) is 6.59. The maximum Gasteiger partial charge on any atom is 0.141 e. The number of ketones is 1. The summed E-state index contributed by atoms with van der Waals surface area (Å²) in [4.78, 5) is 13.7. The quantitative estimate of drug-likeness (QED) is 0.681. The molecule has 0 aromatic heterocycles. The third-order valence-electron chi connectivity index (χ3n) is 2.48. The summed E-state index contributed by atoms with van der Waals surface area (Å²) in [5, 5.41) is 0. The van der Waals surface area contributed by atoms with Gasteiger partial charge in [-0.05, 0) is 13.0 Å². The second kappa shape index (κ2) is 5.47. The number of rotatable bonds is 4. The van der Waals surface area contributed by atoms with Crippen molar-refractivity contribution in [2.75, 3.05) is 33.4 Å². The molecule has 1 unspecified atom stereocenters. The fourth-order valence-corrected chi connectivity index (χ4v) is 1.92. The Kier molecular flexibility index (Phi) is 4.55. The van der Waals surface area contributed by atoms with Gasteiger partial charge in [0, 0.05) is 19.5 Å². The normalized spacial score (nSPS) is 23.5. The van der Waals surface area contributed by atoms with Crippen LogP contribution in [0.1, 0.15) is 20.3 Å². The Morgan fingerprint density at radius 1 is 1.57 bits per heavy atom. The summed E-state index contributed by atoms with van der Waals surface area (Å²) < 4.78 is 5.31. The minimum Gasteiger partial charge on any atom is -0.380 e. The van der Waals surface area contributed by atoms with Crippen LogP contribution in [0, 0.1) is 11.8 Å². The van der Waals surface area contributed by atoms with E-state index in [1.807, 2.05) is 0 Å². The van der Waals surface area contributed by atoms with Crippen LogP contribution in [-0.4, -0.2) is 44.0 Å². The molecule has 14 heavy (non-hydrogen) atoms. The van der Waals surface area contributed by atoms with Crippen molar-refractivity contribution in [1.29, 1.82) is 0 Å². The number of ether oxygens (including phenoxy) is 1. The molecule has 1 aliphatic heterocycles. The smallest absolute Gasteiger partial charge is 0.141 e. The Morgan fingerprint density at radius 2 is 2.29 bits per heavy atom. The number of carbonyl (C=O) groups is 1. The first-order valence-electron chi connectivity index (χ1n) is 5.38. The fourth-order valence-electron chi connectivity index (χ4n) is 1.92. The number of Topliss-reactive ketones (excluding diaryl/α,β-unsaturated/α-hetero) is 1. The summed E-state index contributed by atoms with van der Waals surface area (Å²) >= 11 is 0. The minimum absolute atomic E-state index is 0.104. The monoisotopic (exact) mass is 199 g/mol. The minimum atomic E-state index is 0.104. The summed E-state index contributed by atoms with van der Waals surface area (Å²) in [6.45, 7) is 7.50. The Labute approximate surface area is 86.4 Å². The summed E-state index contributed by atoms with van der Waals surface area (Å²) in [6, 6.07) is 0. The van der Waals surface area contributed by atoms with E-state index in [4.69, 9.17) is 4.74 Å². The molecule has 0 radical (unpaired) electrons. The third kappa shape index (κ3) is 3.76. The molecule has 0 aromatic carbocycles. The summed E-state index contributed by atoms with van der Waals surface area (Å²) in [5.41, 5.74) is 0. The Morgan fingerprint density at radius 3 is 2.86 bits per heavy atom. The second-order valence-corrected chi connectivity index (χ2v) is 4.60. The van der Waals surface area contributed by atoms with Crippen molar-refractivity contribution in [1.82, 2.24) is 4.90 Å². The van der Waals surface area contributed by atoms with E-state index in [9.17, 15) is 4.79 Å². The van der Waals surface area contributed by atoms with E-state index in [-0.39, 0.29) is 5.92 Å². The summed E-state index contributed by atoms with van der Waals surface area (Å²) in [6.07, 6.45) is 0.597. The van der Waals surface area contributed by atoms with Crippen LogP contribution in [0.25, 0.3) is 0 Å². The molecule has 0 amide bonds. The van der Waals surface area contributed by atoms with Crippen LogP contribution < -0.4 is 0 Å². The SMILES string of the molecule is CC(C)CN(C)CC1COCCC1=O. The highest BCUT2D eigenvalue weighted by atomic mass is 16.5. The van der Waals surface area contributed by atoms with Gasteiger partial charge in [0.05, 0.1) is 19.1 Å². The standard InChI is InChI=1S/C11H21NO2/c1-9(2)6-12(3)7-10-8-14-5-4-11(10)13/h9-10H,4-8H2,1-3H3. The molecule has 0 bridgehead atoms. The molecule has 1 atom stereocenters. The predicted octanol–water partition coefficient (Wildman–Crippen LogP) is 1.18. The molecule has 82 valence electrons. The average molecular weight is 199 g/mol. The molecule has 3 heteroatoms. The van der Waals surface area contributed by atoms with Crippen molar-refractivity contribution in [3.8, 4) is 0 Å². The maximum atomic E-state index is 11.5. The van der Waals surface area contributed by atoms with Crippen LogP contribution in [0.5, 0.6) is 0 Å². The molecule has 0 saturated carbocycles. The maximum absolute atomic E-state index is 11.5. The number of hydrogen-bond acceptors (Lipinski definition) is 3. The average Bonchev–Trinajstić information content (AvgIpc) is 2.07. The summed E-state index contributed by atoms with van der Waals surface area (Å²) in [7, 11) is 2.07. The highest BCUT2D eigenvalue weighted by Crippen LogP contribution is 2.11.